The lowest BCUT2D eigenvalue weighted by Gasteiger charge is -2.20. The van der Waals surface area contributed by atoms with Gasteiger partial charge in [0.25, 0.3) is 0 Å². The molecule has 1 heteroatoms. The Kier molecular flexibility index (Phi) is 2.06. The van der Waals surface area contributed by atoms with Crippen molar-refractivity contribution in [1.82, 2.24) is 0 Å². The second-order valence-corrected chi connectivity index (χ2v) is 4.66. The highest BCUT2D eigenvalue weighted by molar-refractivity contribution is 6.03. The normalized spacial score (nSPS) is 19.8. The number of benzene rings is 2. The van der Waals surface area contributed by atoms with Crippen molar-refractivity contribution in [1.29, 1.82) is 0 Å². The fourth-order valence-corrected chi connectivity index (χ4v) is 2.49. The van der Waals surface area contributed by atoms with E-state index in [1.807, 2.05) is 19.1 Å². The van der Waals surface area contributed by atoms with Gasteiger partial charge in [0.2, 0.25) is 0 Å². The van der Waals surface area contributed by atoms with Crippen LogP contribution in [-0.2, 0) is 6.42 Å². The van der Waals surface area contributed by atoms with E-state index in [1.165, 1.54) is 16.3 Å². The first kappa shape index (κ1) is 9.59. The van der Waals surface area contributed by atoms with E-state index in [2.05, 4.69) is 24.3 Å². The Labute approximate surface area is 95.1 Å². The number of hydrogen-bond acceptors (Lipinski definition) is 1. The molecule has 0 radical (unpaired) electrons. The summed E-state index contributed by atoms with van der Waals surface area (Å²) in [4.78, 5) is 12.1. The first-order valence-corrected chi connectivity index (χ1v) is 5.81. The molecule has 0 aromatic heterocycles. The van der Waals surface area contributed by atoms with Crippen molar-refractivity contribution >= 4 is 16.6 Å². The molecule has 0 saturated heterocycles. The van der Waals surface area contributed by atoms with Crippen LogP contribution in [0.4, 0.5) is 0 Å². The standard InChI is InChI=1S/C15H14O/c1-10-6-7-13-8-11-4-2-3-5-12(11)9-14(13)15(10)16/h2-5,8-10H,6-7H2,1H3. The Morgan fingerprint density at radius 3 is 2.56 bits per heavy atom. The van der Waals surface area contributed by atoms with Gasteiger partial charge in [-0.3, -0.25) is 4.79 Å². The summed E-state index contributed by atoms with van der Waals surface area (Å²) in [6.45, 7) is 2.03. The molecule has 16 heavy (non-hydrogen) atoms. The van der Waals surface area contributed by atoms with Crippen LogP contribution in [0, 0.1) is 5.92 Å². The third kappa shape index (κ3) is 1.35. The van der Waals surface area contributed by atoms with Crippen molar-refractivity contribution in [2.24, 2.45) is 5.92 Å². The highest BCUT2D eigenvalue weighted by Gasteiger charge is 2.23. The van der Waals surface area contributed by atoms with Crippen LogP contribution in [0.1, 0.15) is 29.3 Å². The third-order valence-corrected chi connectivity index (χ3v) is 3.53. The van der Waals surface area contributed by atoms with Gasteiger partial charge in [0.1, 0.15) is 0 Å². The van der Waals surface area contributed by atoms with Gasteiger partial charge in [0.05, 0.1) is 0 Å². The maximum atomic E-state index is 12.1. The zero-order valence-corrected chi connectivity index (χ0v) is 9.36. The first-order chi connectivity index (χ1) is 7.75. The van der Waals surface area contributed by atoms with E-state index in [0.717, 1.165) is 18.4 Å². The van der Waals surface area contributed by atoms with Crippen molar-refractivity contribution in [2.75, 3.05) is 0 Å². The van der Waals surface area contributed by atoms with Gasteiger partial charge in [-0.25, -0.2) is 0 Å². The predicted octanol–water partition coefficient (Wildman–Crippen LogP) is 3.60. The molecule has 0 heterocycles. The molecule has 0 aliphatic heterocycles. The second kappa shape index (κ2) is 3.44. The van der Waals surface area contributed by atoms with Gasteiger partial charge in [-0.15, -0.1) is 0 Å². The molecule has 0 fully saturated rings. The molecule has 2 aromatic rings. The van der Waals surface area contributed by atoms with E-state index in [0.29, 0.717) is 5.78 Å². The highest BCUT2D eigenvalue weighted by Crippen LogP contribution is 2.29. The van der Waals surface area contributed by atoms with Crippen LogP contribution in [0.15, 0.2) is 36.4 Å². The lowest BCUT2D eigenvalue weighted by atomic mass is 9.82. The van der Waals surface area contributed by atoms with Crippen molar-refractivity contribution in [3.8, 4) is 0 Å². The van der Waals surface area contributed by atoms with Crippen molar-refractivity contribution in [2.45, 2.75) is 19.8 Å². The topological polar surface area (TPSA) is 17.1 Å². The van der Waals surface area contributed by atoms with Gasteiger partial charge >= 0.3 is 0 Å². The molecular weight excluding hydrogens is 196 g/mol. The summed E-state index contributed by atoms with van der Waals surface area (Å²) < 4.78 is 0. The average molecular weight is 210 g/mol. The summed E-state index contributed by atoms with van der Waals surface area (Å²) in [6.07, 6.45) is 2.03. The molecule has 0 amide bonds. The lowest BCUT2D eigenvalue weighted by Crippen LogP contribution is -2.19. The Hall–Kier alpha value is -1.63. The number of Topliss-reactive ketones (excluding diaryl/α,β-unsaturated/α-hetero) is 1. The van der Waals surface area contributed by atoms with Crippen molar-refractivity contribution in [3.05, 3.63) is 47.5 Å². The zero-order valence-electron chi connectivity index (χ0n) is 9.36. The highest BCUT2D eigenvalue weighted by atomic mass is 16.1. The minimum absolute atomic E-state index is 0.189. The maximum Gasteiger partial charge on any atom is 0.165 e. The molecule has 1 aliphatic carbocycles. The van der Waals surface area contributed by atoms with E-state index in [9.17, 15) is 4.79 Å². The minimum Gasteiger partial charge on any atom is -0.294 e. The lowest BCUT2D eigenvalue weighted by molar-refractivity contribution is 0.0914. The number of fused-ring (bicyclic) bond motifs is 2. The number of carbonyl (C=O) groups excluding carboxylic acids is 1. The van der Waals surface area contributed by atoms with E-state index < -0.39 is 0 Å². The molecule has 0 N–H and O–H groups in total. The molecule has 1 unspecified atom stereocenters. The molecular formula is C15H14O. The summed E-state index contributed by atoms with van der Waals surface area (Å²) in [7, 11) is 0. The molecule has 0 saturated carbocycles. The van der Waals surface area contributed by atoms with Crippen LogP contribution in [0.2, 0.25) is 0 Å². The Morgan fingerprint density at radius 1 is 1.12 bits per heavy atom. The SMILES string of the molecule is CC1CCc2cc3ccccc3cc2C1=O. The predicted molar refractivity (Wildman–Crippen MR) is 65.8 cm³/mol. The Balaban J connectivity index is 2.27. The first-order valence-electron chi connectivity index (χ1n) is 5.81. The smallest absolute Gasteiger partial charge is 0.165 e. The van der Waals surface area contributed by atoms with Gasteiger partial charge in [-0.1, -0.05) is 37.3 Å². The average Bonchev–Trinajstić information content (AvgIpc) is 2.32. The van der Waals surface area contributed by atoms with Crippen molar-refractivity contribution < 1.29 is 4.79 Å². The van der Waals surface area contributed by atoms with Gasteiger partial charge in [0, 0.05) is 11.5 Å². The van der Waals surface area contributed by atoms with Crippen LogP contribution in [0.5, 0.6) is 0 Å². The third-order valence-electron chi connectivity index (χ3n) is 3.53. The van der Waals surface area contributed by atoms with Gasteiger partial charge in [-0.05, 0) is 35.2 Å². The second-order valence-electron chi connectivity index (χ2n) is 4.66. The number of aryl methyl sites for hydroxylation is 1. The van der Waals surface area contributed by atoms with E-state index in [1.54, 1.807) is 0 Å². The van der Waals surface area contributed by atoms with Crippen molar-refractivity contribution in [3.63, 3.8) is 0 Å². The van der Waals surface area contributed by atoms with Gasteiger partial charge in [-0.2, -0.15) is 0 Å². The van der Waals surface area contributed by atoms with E-state index in [-0.39, 0.29) is 5.92 Å². The van der Waals surface area contributed by atoms with Crippen LogP contribution in [0.3, 0.4) is 0 Å². The number of carbonyl (C=O) groups is 1. The zero-order chi connectivity index (χ0) is 11.1. The summed E-state index contributed by atoms with van der Waals surface area (Å²) in [5, 5.41) is 2.41. The summed E-state index contributed by atoms with van der Waals surface area (Å²) in [5.41, 5.74) is 2.17. The maximum absolute atomic E-state index is 12.1. The monoisotopic (exact) mass is 210 g/mol. The molecule has 0 bridgehead atoms. The summed E-state index contributed by atoms with van der Waals surface area (Å²) >= 11 is 0. The van der Waals surface area contributed by atoms with E-state index in [4.69, 9.17) is 0 Å². The fraction of sp³-hybridized carbons (Fsp3) is 0.267. The molecule has 3 rings (SSSR count). The quantitative estimate of drug-likeness (QED) is 0.649. The van der Waals surface area contributed by atoms with Crippen LogP contribution in [0.25, 0.3) is 10.8 Å². The van der Waals surface area contributed by atoms with Crippen LogP contribution >= 0.6 is 0 Å². The van der Waals surface area contributed by atoms with Gasteiger partial charge < -0.3 is 0 Å². The molecule has 0 spiro atoms. The fourth-order valence-electron chi connectivity index (χ4n) is 2.49. The minimum atomic E-state index is 0.189. The largest absolute Gasteiger partial charge is 0.294 e. The number of ketones is 1. The summed E-state index contributed by atoms with van der Waals surface area (Å²) in [5.74, 6) is 0.501. The molecule has 1 nitrogen and oxygen atoms in total. The summed E-state index contributed by atoms with van der Waals surface area (Å²) in [6, 6.07) is 12.5. The molecule has 2 aromatic carbocycles. The van der Waals surface area contributed by atoms with Crippen LogP contribution < -0.4 is 0 Å². The Bertz CT molecular complexity index is 569. The molecule has 1 aliphatic rings. The molecule has 80 valence electrons. The number of rotatable bonds is 0. The Morgan fingerprint density at radius 2 is 1.81 bits per heavy atom. The van der Waals surface area contributed by atoms with E-state index >= 15 is 0 Å². The number of hydrogen-bond donors (Lipinski definition) is 0. The van der Waals surface area contributed by atoms with Gasteiger partial charge in [0.15, 0.2) is 5.78 Å². The van der Waals surface area contributed by atoms with Crippen LogP contribution in [-0.4, -0.2) is 5.78 Å². The molecule has 1 atom stereocenters.